The fourth-order valence-corrected chi connectivity index (χ4v) is 6.02. The molecular weight excluding hydrogens is 608 g/mol. The first-order chi connectivity index (χ1) is 17.1. The van der Waals surface area contributed by atoms with Gasteiger partial charge >= 0.3 is 6.08 Å². The molecule has 1 aliphatic rings. The van der Waals surface area contributed by atoms with Gasteiger partial charge in [0.05, 0.1) is 5.52 Å². The van der Waals surface area contributed by atoms with Crippen molar-refractivity contribution in [1.29, 1.82) is 0 Å². The van der Waals surface area contributed by atoms with Crippen molar-refractivity contribution in [2.24, 2.45) is 0 Å². The first-order valence-electron chi connectivity index (χ1n) is 11.1. The van der Waals surface area contributed by atoms with Crippen LogP contribution in [0.25, 0.3) is 11.0 Å². The molecule has 0 bridgehead atoms. The number of rotatable bonds is 7. The van der Waals surface area contributed by atoms with Gasteiger partial charge in [0.25, 0.3) is 15.9 Å². The Morgan fingerprint density at radius 3 is 2.36 bits per heavy atom. The van der Waals surface area contributed by atoms with Gasteiger partial charge in [-0.3, -0.25) is 19.5 Å². The molecule has 36 heavy (non-hydrogen) atoms. The van der Waals surface area contributed by atoms with Crippen molar-refractivity contribution < 1.29 is 26.4 Å². The summed E-state index contributed by atoms with van der Waals surface area (Å²) in [7, 11) is -3.95. The van der Waals surface area contributed by atoms with Crippen molar-refractivity contribution >= 4 is 55.2 Å². The fourth-order valence-electron chi connectivity index (χ4n) is 4.05. The monoisotopic (exact) mass is 630 g/mol. The third-order valence-corrected chi connectivity index (χ3v) is 9.11. The molecule has 0 atom stereocenters. The Balaban J connectivity index is 1.39. The zero-order chi connectivity index (χ0) is 25.9. The first kappa shape index (κ1) is 26.3. The quantitative estimate of drug-likeness (QED) is 0.267. The number of carbonyl (C=O) groups excluding carboxylic acids is 1. The molecule has 1 N–H and O–H groups in total. The van der Waals surface area contributed by atoms with Gasteiger partial charge < -0.3 is 4.90 Å². The Morgan fingerprint density at radius 2 is 1.69 bits per heavy atom. The van der Waals surface area contributed by atoms with Crippen LogP contribution >= 0.6 is 22.6 Å². The van der Waals surface area contributed by atoms with E-state index in [4.69, 9.17) is 0 Å². The average Bonchev–Trinajstić information content (AvgIpc) is 2.87. The largest absolute Gasteiger partial charge is 0.339 e. The van der Waals surface area contributed by atoms with E-state index < -0.39 is 21.9 Å². The Labute approximate surface area is 220 Å². The standard InChI is InChI=1S/C24H22F3IN4O3S/c25-18(22(26)27)8-9-24(28)10-14-32(15-11-24)23(33)16-4-6-17(7-5-16)31-36(34,35)20-3-1-2-19-21(20)30-13-12-29-19/h1-7,12-13,31H,8-11,14-15H2. The molecule has 1 saturated heterocycles. The third kappa shape index (κ3) is 5.97. The van der Waals surface area contributed by atoms with Gasteiger partial charge in [0.1, 0.15) is 10.4 Å². The van der Waals surface area contributed by atoms with Gasteiger partial charge in [0, 0.05) is 46.6 Å². The number of alkyl halides is 1. The zero-order valence-corrected chi connectivity index (χ0v) is 21.9. The second kappa shape index (κ2) is 10.7. The number of halogens is 4. The van der Waals surface area contributed by atoms with Crippen molar-refractivity contribution in [2.45, 2.75) is 34.0 Å². The number of nitrogens with zero attached hydrogens (tertiary/aromatic N) is 3. The van der Waals surface area contributed by atoms with Crippen LogP contribution in [0, 0.1) is 0 Å². The van der Waals surface area contributed by atoms with Gasteiger partial charge in [0.15, 0.2) is 5.83 Å². The minimum absolute atomic E-state index is 0.00604. The molecule has 0 spiro atoms. The summed E-state index contributed by atoms with van der Waals surface area (Å²) < 4.78 is 65.9. The van der Waals surface area contributed by atoms with Crippen molar-refractivity contribution in [2.75, 3.05) is 17.8 Å². The predicted molar refractivity (Wildman–Crippen MR) is 138 cm³/mol. The second-order valence-electron chi connectivity index (χ2n) is 8.47. The molecule has 3 aromatic rings. The van der Waals surface area contributed by atoms with Crippen LogP contribution in [0.4, 0.5) is 18.9 Å². The summed E-state index contributed by atoms with van der Waals surface area (Å²) in [4.78, 5) is 22.8. The number of hydrogen-bond donors (Lipinski definition) is 1. The zero-order valence-electron chi connectivity index (χ0n) is 18.9. The van der Waals surface area contributed by atoms with Crippen molar-refractivity contribution in [1.82, 2.24) is 14.9 Å². The van der Waals surface area contributed by atoms with Crippen LogP contribution in [-0.4, -0.2) is 45.7 Å². The Morgan fingerprint density at radius 1 is 1.03 bits per heavy atom. The number of fused-ring (bicyclic) bond motifs is 1. The number of carbonyl (C=O) groups is 1. The molecule has 1 amide bonds. The molecule has 0 unspecified atom stereocenters. The highest BCUT2D eigenvalue weighted by atomic mass is 127. The summed E-state index contributed by atoms with van der Waals surface area (Å²) in [6.45, 7) is 0.837. The number of hydrogen-bond acceptors (Lipinski definition) is 5. The number of benzene rings is 2. The number of piperidine rings is 1. The number of allylic oxidation sites excluding steroid dienone is 1. The SMILES string of the molecule is O=C(c1ccc(NS(=O)(=O)c2cccc3nccnc23)cc1)N1CCC(I)(CCC(F)=C(F)F)CC1. The lowest BCUT2D eigenvalue weighted by Crippen LogP contribution is -2.43. The topological polar surface area (TPSA) is 92.3 Å². The van der Waals surface area contributed by atoms with Crippen LogP contribution in [-0.2, 0) is 10.0 Å². The van der Waals surface area contributed by atoms with E-state index >= 15 is 0 Å². The molecule has 1 aliphatic heterocycles. The normalized spacial score (nSPS) is 15.5. The molecule has 0 aliphatic carbocycles. The van der Waals surface area contributed by atoms with Gasteiger partial charge in [-0.15, -0.1) is 0 Å². The third-order valence-electron chi connectivity index (χ3n) is 6.08. The molecule has 12 heteroatoms. The summed E-state index contributed by atoms with van der Waals surface area (Å²) in [6.07, 6.45) is 1.70. The number of para-hydroxylation sites is 1. The Kier molecular flexibility index (Phi) is 7.83. The highest BCUT2D eigenvalue weighted by Gasteiger charge is 2.34. The van der Waals surface area contributed by atoms with Crippen LogP contribution in [0.5, 0.6) is 0 Å². The van der Waals surface area contributed by atoms with Gasteiger partial charge in [-0.2, -0.15) is 8.78 Å². The molecule has 0 saturated carbocycles. The van der Waals surface area contributed by atoms with Crippen LogP contribution in [0.2, 0.25) is 0 Å². The Bertz CT molecular complexity index is 1400. The van der Waals surface area contributed by atoms with E-state index in [-0.39, 0.29) is 38.3 Å². The first-order valence-corrected chi connectivity index (χ1v) is 13.6. The average molecular weight is 630 g/mol. The van der Waals surface area contributed by atoms with Crippen LogP contribution in [0.1, 0.15) is 36.0 Å². The lowest BCUT2D eigenvalue weighted by molar-refractivity contribution is 0.0706. The fraction of sp³-hybridized carbons (Fsp3) is 0.292. The minimum Gasteiger partial charge on any atom is -0.339 e. The summed E-state index contributed by atoms with van der Waals surface area (Å²) >= 11 is 2.18. The van der Waals surface area contributed by atoms with Crippen LogP contribution in [0.3, 0.4) is 0 Å². The molecular formula is C24H22F3IN4O3S. The van der Waals surface area contributed by atoms with Crippen molar-refractivity contribution in [3.05, 3.63) is 72.3 Å². The van der Waals surface area contributed by atoms with E-state index in [0.717, 1.165) is 0 Å². The van der Waals surface area contributed by atoms with E-state index in [9.17, 15) is 26.4 Å². The summed E-state index contributed by atoms with van der Waals surface area (Å²) in [5.41, 5.74) is 1.38. The molecule has 0 radical (unpaired) electrons. The molecule has 7 nitrogen and oxygen atoms in total. The summed E-state index contributed by atoms with van der Waals surface area (Å²) in [5.74, 6) is -1.60. The predicted octanol–water partition coefficient (Wildman–Crippen LogP) is 5.70. The van der Waals surface area contributed by atoms with E-state index in [2.05, 4.69) is 37.3 Å². The number of anilines is 1. The lowest BCUT2D eigenvalue weighted by atomic mass is 9.91. The minimum atomic E-state index is -3.95. The second-order valence-corrected chi connectivity index (χ2v) is 12.4. The maximum absolute atomic E-state index is 13.2. The summed E-state index contributed by atoms with van der Waals surface area (Å²) in [5, 5.41) is 0. The summed E-state index contributed by atoms with van der Waals surface area (Å²) in [6, 6.07) is 10.8. The lowest BCUT2D eigenvalue weighted by Gasteiger charge is -2.38. The molecule has 190 valence electrons. The maximum atomic E-state index is 13.2. The Hall–Kier alpha value is -2.74. The highest BCUT2D eigenvalue weighted by Crippen LogP contribution is 2.38. The highest BCUT2D eigenvalue weighted by molar-refractivity contribution is 14.1. The number of aromatic nitrogens is 2. The molecule has 1 fully saturated rings. The maximum Gasteiger partial charge on any atom is 0.301 e. The van der Waals surface area contributed by atoms with E-state index in [1.165, 1.54) is 30.6 Å². The molecule has 2 aromatic carbocycles. The van der Waals surface area contributed by atoms with Gasteiger partial charge in [-0.25, -0.2) is 12.8 Å². The van der Waals surface area contributed by atoms with E-state index in [1.807, 2.05) is 0 Å². The molecule has 1 aromatic heterocycles. The van der Waals surface area contributed by atoms with Gasteiger partial charge in [0.2, 0.25) is 0 Å². The number of sulfonamides is 1. The number of amides is 1. The van der Waals surface area contributed by atoms with Gasteiger partial charge in [-0.05, 0) is 55.7 Å². The smallest absolute Gasteiger partial charge is 0.301 e. The van der Waals surface area contributed by atoms with Crippen molar-refractivity contribution in [3.8, 4) is 0 Å². The van der Waals surface area contributed by atoms with Crippen LogP contribution < -0.4 is 4.72 Å². The number of nitrogens with one attached hydrogen (secondary N) is 1. The van der Waals surface area contributed by atoms with Gasteiger partial charge in [-0.1, -0.05) is 28.7 Å². The van der Waals surface area contributed by atoms with Crippen molar-refractivity contribution in [3.63, 3.8) is 0 Å². The molecule has 4 rings (SSSR count). The van der Waals surface area contributed by atoms with E-state index in [0.29, 0.717) is 37.0 Å². The number of likely N-dealkylation sites (tertiary alicyclic amines) is 1. The molecule has 2 heterocycles. The van der Waals surface area contributed by atoms with E-state index in [1.54, 1.807) is 29.2 Å². The van der Waals surface area contributed by atoms with Crippen LogP contribution in [0.15, 0.2) is 71.7 Å².